The van der Waals surface area contributed by atoms with Gasteiger partial charge in [0, 0.05) is 23.6 Å². The van der Waals surface area contributed by atoms with Crippen LogP contribution in [0.5, 0.6) is 0 Å². The number of amides is 1. The van der Waals surface area contributed by atoms with Crippen LogP contribution in [0.4, 0.5) is 18.9 Å². The summed E-state index contributed by atoms with van der Waals surface area (Å²) in [6.45, 7) is 1.42. The molecular weight excluding hydrogens is 451 g/mol. The van der Waals surface area contributed by atoms with Crippen LogP contribution in [0.15, 0.2) is 73.2 Å². The normalized spacial score (nSPS) is 11.3. The molecule has 0 radical (unpaired) electrons. The number of benzene rings is 2. The number of hydrogen-bond acceptors (Lipinski definition) is 5. The molecule has 1 amide bonds. The second kappa shape index (κ2) is 9.22. The van der Waals surface area contributed by atoms with Crippen molar-refractivity contribution in [3.63, 3.8) is 0 Å². The smallest absolute Gasteiger partial charge is 0.434 e. The summed E-state index contributed by atoms with van der Waals surface area (Å²) in [5.41, 5.74) is -0.423. The maximum atomic E-state index is 13.7. The average molecular weight is 469 g/mol. The molecule has 0 bridgehead atoms. The largest absolute Gasteiger partial charge is 0.462 e. The number of nitrogens with one attached hydrogen (secondary N) is 1. The van der Waals surface area contributed by atoms with Gasteiger partial charge in [0.1, 0.15) is 5.56 Å². The predicted molar refractivity (Wildman–Crippen MR) is 116 cm³/mol. The topological polar surface area (TPSA) is 91.0 Å². The van der Waals surface area contributed by atoms with Gasteiger partial charge in [0.05, 0.1) is 24.2 Å². The number of anilines is 1. The van der Waals surface area contributed by atoms with E-state index in [1.165, 1.54) is 31.2 Å². The summed E-state index contributed by atoms with van der Waals surface area (Å²) in [6.07, 6.45) is -0.647. The second-order valence-corrected chi connectivity index (χ2v) is 7.04. The third kappa shape index (κ3) is 4.68. The van der Waals surface area contributed by atoms with Gasteiger partial charge in [-0.15, -0.1) is 0 Å². The zero-order valence-electron chi connectivity index (χ0n) is 17.8. The van der Waals surface area contributed by atoms with Crippen LogP contribution in [0.2, 0.25) is 0 Å². The quantitative estimate of drug-likeness (QED) is 0.420. The van der Waals surface area contributed by atoms with E-state index in [4.69, 9.17) is 4.74 Å². The van der Waals surface area contributed by atoms with Crippen molar-refractivity contribution in [3.05, 3.63) is 90.0 Å². The number of carbonyl (C=O) groups is 2. The fraction of sp³-hybridized carbons (Fsp3) is 0.130. The highest BCUT2D eigenvalue weighted by Crippen LogP contribution is 2.34. The number of esters is 1. The van der Waals surface area contributed by atoms with Gasteiger partial charge in [-0.1, -0.05) is 6.07 Å². The molecule has 4 aromatic rings. The number of ether oxygens (including phenoxy) is 1. The summed E-state index contributed by atoms with van der Waals surface area (Å²) in [5.74, 6) is -1.57. The van der Waals surface area contributed by atoms with Gasteiger partial charge in [0.15, 0.2) is 5.69 Å². The number of alkyl halides is 3. The molecule has 0 aliphatic carbocycles. The third-order valence-electron chi connectivity index (χ3n) is 4.78. The van der Waals surface area contributed by atoms with E-state index in [2.05, 4.69) is 15.5 Å². The molecule has 0 saturated carbocycles. The molecule has 8 nitrogen and oxygen atoms in total. The first-order valence-electron chi connectivity index (χ1n) is 10.1. The lowest BCUT2D eigenvalue weighted by molar-refractivity contribution is -0.143. The van der Waals surface area contributed by atoms with Gasteiger partial charge in [0.2, 0.25) is 0 Å². The van der Waals surface area contributed by atoms with Gasteiger partial charge < -0.3 is 10.1 Å². The minimum atomic E-state index is -4.85. The molecule has 0 fully saturated rings. The molecule has 4 rings (SSSR count). The van der Waals surface area contributed by atoms with E-state index in [0.29, 0.717) is 10.4 Å². The van der Waals surface area contributed by atoms with E-state index in [-0.39, 0.29) is 17.9 Å². The minimum Gasteiger partial charge on any atom is -0.462 e. The molecular formula is C23H18F3N5O3. The highest BCUT2D eigenvalue weighted by Gasteiger charge is 2.41. The average Bonchev–Trinajstić information content (AvgIpc) is 3.50. The van der Waals surface area contributed by atoms with Gasteiger partial charge in [0.25, 0.3) is 5.91 Å². The summed E-state index contributed by atoms with van der Waals surface area (Å²) < 4.78 is 48.0. The Bertz CT molecular complexity index is 1310. The van der Waals surface area contributed by atoms with Crippen LogP contribution in [-0.4, -0.2) is 38.0 Å². The van der Waals surface area contributed by atoms with Gasteiger partial charge in [-0.2, -0.15) is 23.4 Å². The molecule has 2 aromatic heterocycles. The van der Waals surface area contributed by atoms with Crippen LogP contribution in [0.1, 0.15) is 33.3 Å². The highest BCUT2D eigenvalue weighted by molar-refractivity contribution is 6.04. The fourth-order valence-electron chi connectivity index (χ4n) is 3.28. The van der Waals surface area contributed by atoms with Crippen molar-refractivity contribution in [2.24, 2.45) is 0 Å². The predicted octanol–water partition coefficient (Wildman–Crippen LogP) is 4.51. The highest BCUT2D eigenvalue weighted by atomic mass is 19.4. The molecule has 2 heterocycles. The number of nitrogens with zero attached hydrogens (tertiary/aromatic N) is 4. The number of halogens is 3. The van der Waals surface area contributed by atoms with Crippen molar-refractivity contribution >= 4 is 17.6 Å². The summed E-state index contributed by atoms with van der Waals surface area (Å²) >= 11 is 0. The molecule has 0 saturated heterocycles. The SMILES string of the molecule is CCOC(=O)c1cnn(-c2ccc(C(=O)Nc3cccc(-n4cccn4)c3)cc2)c1C(F)(F)F. The van der Waals surface area contributed by atoms with Gasteiger partial charge >= 0.3 is 12.1 Å². The Morgan fingerprint density at radius 3 is 2.44 bits per heavy atom. The fourth-order valence-corrected chi connectivity index (χ4v) is 3.28. The van der Waals surface area contributed by atoms with Crippen LogP contribution in [-0.2, 0) is 10.9 Å². The summed E-state index contributed by atoms with van der Waals surface area (Å²) in [6, 6.07) is 14.1. The van der Waals surface area contributed by atoms with E-state index < -0.39 is 29.3 Å². The Morgan fingerprint density at radius 2 is 1.79 bits per heavy atom. The molecule has 11 heteroatoms. The second-order valence-electron chi connectivity index (χ2n) is 7.04. The van der Waals surface area contributed by atoms with Crippen molar-refractivity contribution in [2.45, 2.75) is 13.1 Å². The number of hydrogen-bond donors (Lipinski definition) is 1. The Hall–Kier alpha value is -4.41. The zero-order chi connectivity index (χ0) is 24.3. The maximum Gasteiger partial charge on any atom is 0.434 e. The van der Waals surface area contributed by atoms with Gasteiger partial charge in [-0.05, 0) is 55.5 Å². The van der Waals surface area contributed by atoms with E-state index in [9.17, 15) is 22.8 Å². The number of rotatable bonds is 6. The van der Waals surface area contributed by atoms with E-state index >= 15 is 0 Å². The maximum absolute atomic E-state index is 13.7. The van der Waals surface area contributed by atoms with E-state index in [0.717, 1.165) is 11.9 Å². The molecule has 0 aliphatic rings. The monoisotopic (exact) mass is 469 g/mol. The lowest BCUT2D eigenvalue weighted by Gasteiger charge is -2.13. The molecule has 0 spiro atoms. The number of aromatic nitrogens is 4. The Kier molecular flexibility index (Phi) is 6.17. The van der Waals surface area contributed by atoms with Gasteiger partial charge in [-0.3, -0.25) is 4.79 Å². The standard InChI is InChI=1S/C23H18F3N5O3/c1-2-34-22(33)19-14-28-31(20(19)23(24,25)26)17-9-7-15(8-10-17)21(32)29-16-5-3-6-18(13-16)30-12-4-11-27-30/h3-14H,2H2,1H3,(H,29,32). The van der Waals surface area contributed by atoms with Crippen molar-refractivity contribution in [1.82, 2.24) is 19.6 Å². The Labute approximate surface area is 191 Å². The minimum absolute atomic E-state index is 0.0279. The van der Waals surface area contributed by atoms with Crippen LogP contribution in [0, 0.1) is 0 Å². The molecule has 0 unspecified atom stereocenters. The zero-order valence-corrected chi connectivity index (χ0v) is 17.8. The number of carbonyl (C=O) groups excluding carboxylic acids is 2. The van der Waals surface area contributed by atoms with Crippen LogP contribution in [0.3, 0.4) is 0 Å². The third-order valence-corrected chi connectivity index (χ3v) is 4.78. The molecule has 174 valence electrons. The van der Waals surface area contributed by atoms with Crippen molar-refractivity contribution < 1.29 is 27.5 Å². The van der Waals surface area contributed by atoms with Crippen molar-refractivity contribution in [1.29, 1.82) is 0 Å². The Balaban J connectivity index is 1.57. The summed E-state index contributed by atoms with van der Waals surface area (Å²) in [4.78, 5) is 24.6. The first-order valence-corrected chi connectivity index (χ1v) is 10.1. The van der Waals surface area contributed by atoms with Crippen LogP contribution in [0.25, 0.3) is 11.4 Å². The Morgan fingerprint density at radius 1 is 1.03 bits per heavy atom. The lowest BCUT2D eigenvalue weighted by Crippen LogP contribution is -2.18. The van der Waals surface area contributed by atoms with E-state index in [1.54, 1.807) is 41.3 Å². The molecule has 2 aromatic carbocycles. The lowest BCUT2D eigenvalue weighted by atomic mass is 10.1. The molecule has 0 aliphatic heterocycles. The summed E-state index contributed by atoms with van der Waals surface area (Å²) in [7, 11) is 0. The first-order chi connectivity index (χ1) is 16.3. The first kappa shape index (κ1) is 22.8. The summed E-state index contributed by atoms with van der Waals surface area (Å²) in [5, 5.41) is 10.6. The van der Waals surface area contributed by atoms with Crippen molar-refractivity contribution in [3.8, 4) is 11.4 Å². The van der Waals surface area contributed by atoms with Crippen LogP contribution < -0.4 is 5.32 Å². The molecule has 1 N–H and O–H groups in total. The molecule has 0 atom stereocenters. The molecule has 34 heavy (non-hydrogen) atoms. The van der Waals surface area contributed by atoms with Crippen LogP contribution >= 0.6 is 0 Å². The van der Waals surface area contributed by atoms with E-state index in [1.807, 2.05) is 6.07 Å². The van der Waals surface area contributed by atoms with Gasteiger partial charge in [-0.25, -0.2) is 14.2 Å². The van der Waals surface area contributed by atoms with Crippen molar-refractivity contribution in [2.75, 3.05) is 11.9 Å².